The summed E-state index contributed by atoms with van der Waals surface area (Å²) in [6.07, 6.45) is 8.09. The van der Waals surface area contributed by atoms with E-state index in [2.05, 4.69) is 66.4 Å². The fourth-order valence-electron chi connectivity index (χ4n) is 3.65. The van der Waals surface area contributed by atoms with E-state index in [1.54, 1.807) is 0 Å². The van der Waals surface area contributed by atoms with Gasteiger partial charge in [0.2, 0.25) is 0 Å². The van der Waals surface area contributed by atoms with E-state index >= 15 is 0 Å². The first-order valence-electron chi connectivity index (χ1n) is 8.89. The molecule has 2 aromatic rings. The van der Waals surface area contributed by atoms with Crippen molar-refractivity contribution in [3.8, 4) is 11.1 Å². The zero-order valence-corrected chi connectivity index (χ0v) is 14.6. The highest BCUT2D eigenvalue weighted by Crippen LogP contribution is 2.41. The number of nitrogens with two attached hydrogens (primary N) is 1. The molecule has 122 valence electrons. The molecule has 0 spiro atoms. The van der Waals surface area contributed by atoms with Gasteiger partial charge >= 0.3 is 0 Å². The Labute approximate surface area is 144 Å². The smallest absolute Gasteiger partial charge is 0.0153 e. The second kappa shape index (κ2) is 8.56. The molecule has 1 saturated carbocycles. The maximum absolute atomic E-state index is 5.93. The Morgan fingerprint density at radius 1 is 0.913 bits per heavy atom. The number of hydrogen-bond donors (Lipinski definition) is 1. The third-order valence-electron chi connectivity index (χ3n) is 4.88. The molecule has 1 aliphatic carbocycles. The largest absolute Gasteiger partial charge is 0.330 e. The second-order valence-corrected chi connectivity index (χ2v) is 7.77. The lowest BCUT2D eigenvalue weighted by molar-refractivity contribution is 0.342. The van der Waals surface area contributed by atoms with Gasteiger partial charge in [-0.3, -0.25) is 0 Å². The third-order valence-corrected chi connectivity index (χ3v) is 6.41. The van der Waals surface area contributed by atoms with Gasteiger partial charge in [0.1, 0.15) is 0 Å². The highest BCUT2D eigenvalue weighted by Gasteiger charge is 2.24. The van der Waals surface area contributed by atoms with Crippen LogP contribution in [0.4, 0.5) is 0 Å². The minimum Gasteiger partial charge on any atom is -0.330 e. The van der Waals surface area contributed by atoms with Crippen LogP contribution in [0.1, 0.15) is 38.5 Å². The molecule has 0 amide bonds. The highest BCUT2D eigenvalue weighted by atomic mass is 32.2. The van der Waals surface area contributed by atoms with Crippen LogP contribution >= 0.6 is 11.8 Å². The minimum atomic E-state index is 0.658. The summed E-state index contributed by atoms with van der Waals surface area (Å²) in [7, 11) is 0. The zero-order chi connectivity index (χ0) is 15.9. The predicted molar refractivity (Wildman–Crippen MR) is 102 cm³/mol. The summed E-state index contributed by atoms with van der Waals surface area (Å²) >= 11 is 2.06. The quantitative estimate of drug-likeness (QED) is 0.685. The maximum Gasteiger partial charge on any atom is 0.0153 e. The minimum absolute atomic E-state index is 0.658. The molecule has 2 N–H and O–H groups in total. The molecule has 0 aromatic heterocycles. The van der Waals surface area contributed by atoms with Gasteiger partial charge in [-0.25, -0.2) is 0 Å². The molecule has 1 aliphatic rings. The van der Waals surface area contributed by atoms with Crippen molar-refractivity contribution in [2.24, 2.45) is 11.7 Å². The summed E-state index contributed by atoms with van der Waals surface area (Å²) < 4.78 is 0. The maximum atomic E-state index is 5.93. The molecule has 0 saturated heterocycles. The molecule has 2 heteroatoms. The lowest BCUT2D eigenvalue weighted by Gasteiger charge is -2.30. The number of rotatable bonds is 6. The van der Waals surface area contributed by atoms with Gasteiger partial charge in [-0.15, -0.1) is 11.8 Å². The van der Waals surface area contributed by atoms with E-state index in [0.717, 1.165) is 18.9 Å². The molecule has 1 unspecified atom stereocenters. The van der Waals surface area contributed by atoms with Crippen LogP contribution in [0.2, 0.25) is 0 Å². The summed E-state index contributed by atoms with van der Waals surface area (Å²) in [6, 6.07) is 19.6. The Morgan fingerprint density at radius 2 is 1.61 bits per heavy atom. The van der Waals surface area contributed by atoms with Crippen molar-refractivity contribution in [3.05, 3.63) is 54.6 Å². The lowest BCUT2D eigenvalue weighted by atomic mass is 9.86. The first-order chi connectivity index (χ1) is 11.4. The highest BCUT2D eigenvalue weighted by molar-refractivity contribution is 8.00. The van der Waals surface area contributed by atoms with E-state index in [0.29, 0.717) is 5.25 Å². The van der Waals surface area contributed by atoms with Crippen molar-refractivity contribution in [1.29, 1.82) is 0 Å². The van der Waals surface area contributed by atoms with Crippen LogP contribution in [0.15, 0.2) is 59.5 Å². The van der Waals surface area contributed by atoms with Gasteiger partial charge in [-0.2, -0.15) is 0 Å². The van der Waals surface area contributed by atoms with Crippen LogP contribution in [-0.2, 0) is 0 Å². The van der Waals surface area contributed by atoms with Crippen LogP contribution in [0.25, 0.3) is 11.1 Å². The Kier molecular flexibility index (Phi) is 6.18. The summed E-state index contributed by atoms with van der Waals surface area (Å²) in [5.74, 6) is 0.834. The van der Waals surface area contributed by atoms with Crippen molar-refractivity contribution >= 4 is 11.8 Å². The summed E-state index contributed by atoms with van der Waals surface area (Å²) in [5, 5.41) is 0.658. The molecule has 2 aromatic carbocycles. The van der Waals surface area contributed by atoms with Crippen molar-refractivity contribution in [2.45, 2.75) is 48.7 Å². The molecule has 1 fully saturated rings. The fourth-order valence-corrected chi connectivity index (χ4v) is 5.16. The average Bonchev–Trinajstić information content (AvgIpc) is 2.63. The summed E-state index contributed by atoms with van der Waals surface area (Å²) in [6.45, 7) is 0.793. The van der Waals surface area contributed by atoms with Crippen LogP contribution in [0.3, 0.4) is 0 Å². The van der Waals surface area contributed by atoms with E-state index in [1.807, 2.05) is 0 Å². The van der Waals surface area contributed by atoms with Gasteiger partial charge in [-0.05, 0) is 48.9 Å². The van der Waals surface area contributed by atoms with E-state index in [1.165, 1.54) is 48.1 Å². The Morgan fingerprint density at radius 3 is 2.35 bits per heavy atom. The second-order valence-electron chi connectivity index (χ2n) is 6.49. The molecule has 23 heavy (non-hydrogen) atoms. The van der Waals surface area contributed by atoms with Gasteiger partial charge in [0.15, 0.2) is 0 Å². The predicted octanol–water partition coefficient (Wildman–Crippen LogP) is 5.74. The summed E-state index contributed by atoms with van der Waals surface area (Å²) in [5.41, 5.74) is 8.59. The molecule has 0 bridgehead atoms. The van der Waals surface area contributed by atoms with E-state index in [4.69, 9.17) is 5.73 Å². The Balaban J connectivity index is 1.82. The standard InChI is InChI=1S/C21H27NS/c22-16-15-20(18-11-5-2-6-12-18)23-21-14-8-7-13-19(21)17-9-3-1-4-10-17/h1,3-4,7-10,13-14,18,20H,2,5-6,11-12,15-16,22H2. The van der Waals surface area contributed by atoms with Crippen LogP contribution < -0.4 is 5.73 Å². The third kappa shape index (κ3) is 4.39. The van der Waals surface area contributed by atoms with Crippen molar-refractivity contribution in [2.75, 3.05) is 6.54 Å². The number of hydrogen-bond acceptors (Lipinski definition) is 2. The van der Waals surface area contributed by atoms with Gasteiger partial charge in [0.25, 0.3) is 0 Å². The van der Waals surface area contributed by atoms with Gasteiger partial charge in [0.05, 0.1) is 0 Å². The fraction of sp³-hybridized carbons (Fsp3) is 0.429. The van der Waals surface area contributed by atoms with Crippen molar-refractivity contribution < 1.29 is 0 Å². The average molecular weight is 326 g/mol. The van der Waals surface area contributed by atoms with Crippen LogP contribution in [-0.4, -0.2) is 11.8 Å². The van der Waals surface area contributed by atoms with Crippen LogP contribution in [0, 0.1) is 5.92 Å². The molecule has 1 nitrogen and oxygen atoms in total. The topological polar surface area (TPSA) is 26.0 Å². The molecular formula is C21H27NS. The van der Waals surface area contributed by atoms with E-state index in [-0.39, 0.29) is 0 Å². The molecule has 0 heterocycles. The number of benzene rings is 2. The van der Waals surface area contributed by atoms with E-state index < -0.39 is 0 Å². The first-order valence-corrected chi connectivity index (χ1v) is 9.77. The zero-order valence-electron chi connectivity index (χ0n) is 13.8. The Hall–Kier alpha value is -1.25. The van der Waals surface area contributed by atoms with Gasteiger partial charge < -0.3 is 5.73 Å². The molecule has 3 rings (SSSR count). The van der Waals surface area contributed by atoms with E-state index in [9.17, 15) is 0 Å². The van der Waals surface area contributed by atoms with Crippen molar-refractivity contribution in [1.82, 2.24) is 0 Å². The monoisotopic (exact) mass is 325 g/mol. The normalized spacial score (nSPS) is 17.1. The van der Waals surface area contributed by atoms with Gasteiger partial charge in [0, 0.05) is 10.1 Å². The Bertz CT molecular complexity index is 590. The summed E-state index contributed by atoms with van der Waals surface area (Å²) in [4.78, 5) is 1.41. The molecule has 0 radical (unpaired) electrons. The van der Waals surface area contributed by atoms with Crippen LogP contribution in [0.5, 0.6) is 0 Å². The first kappa shape index (κ1) is 16.6. The lowest BCUT2D eigenvalue weighted by Crippen LogP contribution is -2.23. The number of thioether (sulfide) groups is 1. The SMILES string of the molecule is NCCC(Sc1ccccc1-c1ccccc1)C1CCCCC1. The van der Waals surface area contributed by atoms with Gasteiger partial charge in [-0.1, -0.05) is 67.8 Å². The molecular weight excluding hydrogens is 298 g/mol. The molecule has 0 aliphatic heterocycles. The molecule has 1 atom stereocenters. The van der Waals surface area contributed by atoms with Crippen molar-refractivity contribution in [3.63, 3.8) is 0 Å².